The Bertz CT molecular complexity index is 374. The molecule has 2 nitrogen and oxygen atoms in total. The molecular weight excluding hydrogens is 232 g/mol. The van der Waals surface area contributed by atoms with Gasteiger partial charge in [0, 0.05) is 17.8 Å². The van der Waals surface area contributed by atoms with Gasteiger partial charge in [0.25, 0.3) is 0 Å². The van der Waals surface area contributed by atoms with Crippen molar-refractivity contribution in [1.82, 2.24) is 0 Å². The lowest BCUT2D eigenvalue weighted by atomic mass is 9.86. The van der Waals surface area contributed by atoms with Crippen molar-refractivity contribution in [3.05, 3.63) is 30.3 Å². The zero-order valence-corrected chi connectivity index (χ0v) is 12.4. The minimum Gasteiger partial charge on any atom is -0.378 e. The molecule has 1 aromatic rings. The molecule has 3 N–H and O–H groups in total. The summed E-state index contributed by atoms with van der Waals surface area (Å²) in [5, 5.41) is 3.72. The van der Waals surface area contributed by atoms with E-state index in [0.29, 0.717) is 0 Å². The highest BCUT2D eigenvalue weighted by Gasteiger charge is 2.32. The van der Waals surface area contributed by atoms with Crippen molar-refractivity contribution in [2.75, 3.05) is 11.9 Å². The summed E-state index contributed by atoms with van der Waals surface area (Å²) in [6.45, 7) is 5.43. The van der Waals surface area contributed by atoms with Crippen LogP contribution in [-0.4, -0.2) is 12.1 Å². The molecule has 0 saturated heterocycles. The molecule has 19 heavy (non-hydrogen) atoms. The van der Waals surface area contributed by atoms with Gasteiger partial charge < -0.3 is 11.1 Å². The Morgan fingerprint density at radius 3 is 2.58 bits per heavy atom. The summed E-state index contributed by atoms with van der Waals surface area (Å²) >= 11 is 0. The van der Waals surface area contributed by atoms with Gasteiger partial charge in [-0.25, -0.2) is 0 Å². The third-order valence-corrected chi connectivity index (χ3v) is 4.74. The molecule has 0 bridgehead atoms. The minimum atomic E-state index is 0.102. The van der Waals surface area contributed by atoms with Crippen LogP contribution in [0.4, 0.5) is 5.69 Å². The highest BCUT2D eigenvalue weighted by atomic mass is 15.0. The molecule has 1 aromatic carbocycles. The lowest BCUT2D eigenvalue weighted by Crippen LogP contribution is -2.45. The van der Waals surface area contributed by atoms with Gasteiger partial charge in [-0.05, 0) is 43.2 Å². The highest BCUT2D eigenvalue weighted by Crippen LogP contribution is 2.35. The fourth-order valence-corrected chi connectivity index (χ4v) is 3.31. The van der Waals surface area contributed by atoms with Crippen molar-refractivity contribution in [3.8, 4) is 0 Å². The molecule has 1 fully saturated rings. The molecule has 2 atom stereocenters. The Morgan fingerprint density at radius 1 is 1.21 bits per heavy atom. The first kappa shape index (κ1) is 14.4. The van der Waals surface area contributed by atoms with E-state index in [-0.39, 0.29) is 5.54 Å². The summed E-state index contributed by atoms with van der Waals surface area (Å²) in [6.07, 6.45) is 6.34. The van der Waals surface area contributed by atoms with Crippen LogP contribution in [0.15, 0.2) is 30.3 Å². The first-order valence-corrected chi connectivity index (χ1v) is 7.68. The quantitative estimate of drug-likeness (QED) is 0.802. The Labute approximate surface area is 117 Å². The van der Waals surface area contributed by atoms with Crippen LogP contribution in [-0.2, 0) is 0 Å². The van der Waals surface area contributed by atoms with Crippen LogP contribution < -0.4 is 11.1 Å². The van der Waals surface area contributed by atoms with Crippen LogP contribution in [0.1, 0.15) is 46.0 Å². The van der Waals surface area contributed by atoms with Gasteiger partial charge in [0.2, 0.25) is 0 Å². The van der Waals surface area contributed by atoms with E-state index in [1.165, 1.54) is 37.8 Å². The number of nitrogens with two attached hydrogens (primary N) is 1. The fourth-order valence-electron chi connectivity index (χ4n) is 3.31. The maximum Gasteiger partial charge on any atom is 0.0495 e. The lowest BCUT2D eigenvalue weighted by molar-refractivity contribution is 0.332. The SMILES string of the molecule is CC(C)C1CCCC(CN)(Nc2ccccc2)CC1. The number of para-hydroxylation sites is 1. The Kier molecular flexibility index (Phi) is 4.87. The molecule has 1 aliphatic carbocycles. The molecule has 0 amide bonds. The summed E-state index contributed by atoms with van der Waals surface area (Å²) in [6, 6.07) is 10.5. The van der Waals surface area contributed by atoms with E-state index >= 15 is 0 Å². The van der Waals surface area contributed by atoms with Gasteiger partial charge >= 0.3 is 0 Å². The molecule has 1 saturated carbocycles. The second kappa shape index (κ2) is 6.42. The number of hydrogen-bond donors (Lipinski definition) is 2. The van der Waals surface area contributed by atoms with Crippen molar-refractivity contribution >= 4 is 5.69 Å². The second-order valence-corrected chi connectivity index (χ2v) is 6.41. The first-order valence-electron chi connectivity index (χ1n) is 7.68. The van der Waals surface area contributed by atoms with E-state index in [1.54, 1.807) is 0 Å². The minimum absolute atomic E-state index is 0.102. The molecule has 1 aliphatic rings. The monoisotopic (exact) mass is 260 g/mol. The van der Waals surface area contributed by atoms with Crippen molar-refractivity contribution in [2.45, 2.75) is 51.5 Å². The smallest absolute Gasteiger partial charge is 0.0495 e. The molecule has 2 rings (SSSR count). The van der Waals surface area contributed by atoms with E-state index in [9.17, 15) is 0 Å². The van der Waals surface area contributed by atoms with Gasteiger partial charge in [-0.15, -0.1) is 0 Å². The van der Waals surface area contributed by atoms with E-state index in [2.05, 4.69) is 49.5 Å². The van der Waals surface area contributed by atoms with Crippen molar-refractivity contribution < 1.29 is 0 Å². The van der Waals surface area contributed by atoms with Gasteiger partial charge in [0.15, 0.2) is 0 Å². The van der Waals surface area contributed by atoms with Gasteiger partial charge in [0.05, 0.1) is 0 Å². The van der Waals surface area contributed by atoms with Crippen molar-refractivity contribution in [1.29, 1.82) is 0 Å². The summed E-state index contributed by atoms with van der Waals surface area (Å²) < 4.78 is 0. The third-order valence-electron chi connectivity index (χ3n) is 4.74. The topological polar surface area (TPSA) is 38.0 Å². The van der Waals surface area contributed by atoms with Crippen LogP contribution >= 0.6 is 0 Å². The molecule has 0 aliphatic heterocycles. The summed E-state index contributed by atoms with van der Waals surface area (Å²) in [4.78, 5) is 0. The average molecular weight is 260 g/mol. The van der Waals surface area contributed by atoms with Crippen LogP contribution in [0.2, 0.25) is 0 Å². The van der Waals surface area contributed by atoms with Gasteiger partial charge in [-0.3, -0.25) is 0 Å². The number of nitrogens with one attached hydrogen (secondary N) is 1. The third kappa shape index (κ3) is 3.73. The number of anilines is 1. The Morgan fingerprint density at radius 2 is 1.95 bits per heavy atom. The predicted octanol–water partition coefficient (Wildman–Crippen LogP) is 4.03. The number of rotatable bonds is 4. The molecule has 0 aromatic heterocycles. The van der Waals surface area contributed by atoms with Crippen LogP contribution in [0.25, 0.3) is 0 Å². The molecule has 0 heterocycles. The van der Waals surface area contributed by atoms with Crippen LogP contribution in [0.3, 0.4) is 0 Å². The standard InChI is InChI=1S/C17H28N2/c1-14(2)15-7-6-11-17(13-18,12-10-15)19-16-8-4-3-5-9-16/h3-5,8-9,14-15,19H,6-7,10-13,18H2,1-2H3. The van der Waals surface area contributed by atoms with E-state index in [4.69, 9.17) is 5.73 Å². The molecule has 0 spiro atoms. The molecule has 2 unspecified atom stereocenters. The molecular formula is C17H28N2. The first-order chi connectivity index (χ1) is 9.15. The van der Waals surface area contributed by atoms with E-state index in [0.717, 1.165) is 18.4 Å². The fraction of sp³-hybridized carbons (Fsp3) is 0.647. The summed E-state index contributed by atoms with van der Waals surface area (Å²) in [5.41, 5.74) is 7.42. The zero-order valence-electron chi connectivity index (χ0n) is 12.4. The predicted molar refractivity (Wildman–Crippen MR) is 83.3 cm³/mol. The summed E-state index contributed by atoms with van der Waals surface area (Å²) in [7, 11) is 0. The van der Waals surface area contributed by atoms with Crippen molar-refractivity contribution in [3.63, 3.8) is 0 Å². The molecule has 106 valence electrons. The maximum atomic E-state index is 6.11. The Hall–Kier alpha value is -1.02. The van der Waals surface area contributed by atoms with Crippen LogP contribution in [0.5, 0.6) is 0 Å². The zero-order chi connectivity index (χ0) is 13.7. The van der Waals surface area contributed by atoms with Gasteiger partial charge in [-0.1, -0.05) is 44.9 Å². The second-order valence-electron chi connectivity index (χ2n) is 6.41. The van der Waals surface area contributed by atoms with Gasteiger partial charge in [-0.2, -0.15) is 0 Å². The van der Waals surface area contributed by atoms with E-state index in [1.807, 2.05) is 0 Å². The van der Waals surface area contributed by atoms with Crippen LogP contribution in [0, 0.1) is 11.8 Å². The number of benzene rings is 1. The highest BCUT2D eigenvalue weighted by molar-refractivity contribution is 5.45. The average Bonchev–Trinajstić information content (AvgIpc) is 2.63. The lowest BCUT2D eigenvalue weighted by Gasteiger charge is -2.34. The normalized spacial score (nSPS) is 28.1. The van der Waals surface area contributed by atoms with Crippen molar-refractivity contribution in [2.24, 2.45) is 17.6 Å². The number of hydrogen-bond acceptors (Lipinski definition) is 2. The largest absolute Gasteiger partial charge is 0.378 e. The molecule has 2 heteroatoms. The van der Waals surface area contributed by atoms with E-state index < -0.39 is 0 Å². The maximum absolute atomic E-state index is 6.11. The Balaban J connectivity index is 2.06. The van der Waals surface area contributed by atoms with Gasteiger partial charge in [0.1, 0.15) is 0 Å². The summed E-state index contributed by atoms with van der Waals surface area (Å²) in [5.74, 6) is 1.66. The molecule has 0 radical (unpaired) electrons.